The quantitative estimate of drug-likeness (QED) is 0.560. The van der Waals surface area contributed by atoms with Gasteiger partial charge in [0.25, 0.3) is 0 Å². The van der Waals surface area contributed by atoms with Crippen LogP contribution >= 0.6 is 0 Å². The Balaban J connectivity index is 2.40. The molecule has 0 unspecified atom stereocenters. The third-order valence-corrected chi connectivity index (χ3v) is 5.31. The molecule has 10 heavy (non-hydrogen) atoms. The molecule has 1 aliphatic carbocycles. The van der Waals surface area contributed by atoms with Gasteiger partial charge in [-0.05, 0) is 0 Å². The van der Waals surface area contributed by atoms with Crippen LogP contribution in [-0.2, 0) is 0 Å². The van der Waals surface area contributed by atoms with E-state index in [1.807, 2.05) is 0 Å². The minimum absolute atomic E-state index is 0.0990. The topological polar surface area (TPSA) is 0 Å². The van der Waals surface area contributed by atoms with Gasteiger partial charge in [0.05, 0.1) is 0 Å². The maximum atomic E-state index is 2.35. The molecule has 0 fully saturated rings. The van der Waals surface area contributed by atoms with E-state index < -0.39 is 0 Å². The zero-order valence-corrected chi connectivity index (χ0v) is 9.39. The average Bonchev–Trinajstić information content (AvgIpc) is 2.12. The monoisotopic (exact) mass is 191 g/mol. The summed E-state index contributed by atoms with van der Waals surface area (Å²) in [6.45, 7) is 7.06. The Morgan fingerprint density at radius 3 is 2.00 bits per heavy atom. The second-order valence-electron chi connectivity index (χ2n) is 3.88. The SMILES string of the molecule is C[C](C)(C)[Ga-][CH]1C=CC=C1. The van der Waals surface area contributed by atoms with E-state index in [2.05, 4.69) is 45.1 Å². The molecule has 0 saturated heterocycles. The summed E-state index contributed by atoms with van der Waals surface area (Å²) in [5.41, 5.74) is 0. The zero-order chi connectivity index (χ0) is 7.61. The molecule has 0 N–H and O–H groups in total. The molecule has 1 heteroatoms. The van der Waals surface area contributed by atoms with Crippen LogP contribution in [0.4, 0.5) is 0 Å². The van der Waals surface area contributed by atoms with Crippen LogP contribution in [0.3, 0.4) is 0 Å². The van der Waals surface area contributed by atoms with Gasteiger partial charge < -0.3 is 0 Å². The number of hydrogen-bond acceptors (Lipinski definition) is 0. The summed E-state index contributed by atoms with van der Waals surface area (Å²) in [6.07, 6.45) is 9.03. The molecule has 1 rings (SSSR count). The van der Waals surface area contributed by atoms with Crippen molar-refractivity contribution in [3.8, 4) is 0 Å². The molecule has 0 amide bonds. The van der Waals surface area contributed by atoms with Crippen LogP contribution < -0.4 is 0 Å². The first-order valence-corrected chi connectivity index (χ1v) is 6.40. The van der Waals surface area contributed by atoms with Crippen LogP contribution in [0.5, 0.6) is 0 Å². The van der Waals surface area contributed by atoms with Crippen LogP contribution in [0.15, 0.2) is 24.3 Å². The number of hydrogen-bond donors (Lipinski definition) is 0. The van der Waals surface area contributed by atoms with Crippen LogP contribution in [0, 0.1) is 0 Å². The van der Waals surface area contributed by atoms with E-state index in [9.17, 15) is 0 Å². The summed E-state index contributed by atoms with van der Waals surface area (Å²) in [5.74, 6) is 0. The van der Waals surface area contributed by atoms with Gasteiger partial charge in [0.1, 0.15) is 0 Å². The van der Waals surface area contributed by atoms with E-state index in [1.54, 1.807) is 0 Å². The summed E-state index contributed by atoms with van der Waals surface area (Å²) >= 11 is -0.0990. The molecular weight excluding hydrogens is 178 g/mol. The molecule has 0 heterocycles. The van der Waals surface area contributed by atoms with Gasteiger partial charge >= 0.3 is 70.9 Å². The fourth-order valence-corrected chi connectivity index (χ4v) is 4.56. The molecule has 0 bridgehead atoms. The Kier molecular flexibility index (Phi) is 2.48. The second kappa shape index (κ2) is 3.01. The average molecular weight is 192 g/mol. The summed E-state index contributed by atoms with van der Waals surface area (Å²) < 4.78 is 1.47. The first-order valence-electron chi connectivity index (χ1n) is 3.79. The number of rotatable bonds is 1. The Morgan fingerprint density at radius 2 is 1.60 bits per heavy atom. The van der Waals surface area contributed by atoms with Crippen molar-refractivity contribution in [1.29, 1.82) is 0 Å². The van der Waals surface area contributed by atoms with E-state index in [0.29, 0.717) is 3.97 Å². The van der Waals surface area contributed by atoms with Crippen molar-refractivity contribution in [2.75, 3.05) is 0 Å². The molecule has 0 aliphatic heterocycles. The van der Waals surface area contributed by atoms with Crippen LogP contribution in [-0.4, -0.2) is 17.4 Å². The van der Waals surface area contributed by atoms with E-state index >= 15 is 0 Å². The predicted molar refractivity (Wildman–Crippen MR) is 47.5 cm³/mol. The van der Waals surface area contributed by atoms with Gasteiger partial charge in [0.15, 0.2) is 0 Å². The zero-order valence-electron chi connectivity index (χ0n) is 6.96. The Bertz CT molecular complexity index is 148. The first kappa shape index (κ1) is 8.22. The summed E-state index contributed by atoms with van der Waals surface area (Å²) in [6, 6.07) is 0. The van der Waals surface area contributed by atoms with Crippen LogP contribution in [0.2, 0.25) is 8.44 Å². The van der Waals surface area contributed by atoms with Gasteiger partial charge in [0.2, 0.25) is 0 Å². The van der Waals surface area contributed by atoms with Crippen LogP contribution in [0.25, 0.3) is 0 Å². The molecule has 54 valence electrons. The van der Waals surface area contributed by atoms with Crippen molar-refractivity contribution in [1.82, 2.24) is 0 Å². The fraction of sp³-hybridized carbons (Fsp3) is 0.556. The maximum absolute atomic E-state index is 2.35. The standard InChI is InChI=1S/C5H5.C4H9.Ga/c1-2-4-5-3-1;1-4(2)3;/h1-5H;1-3H3;/q;;-1. The molecule has 2 radical (unpaired) electrons. The van der Waals surface area contributed by atoms with Crippen molar-refractivity contribution in [2.24, 2.45) is 0 Å². The van der Waals surface area contributed by atoms with Crippen molar-refractivity contribution < 1.29 is 0 Å². The molecule has 0 spiro atoms. The Labute approximate surface area is 71.2 Å². The van der Waals surface area contributed by atoms with Gasteiger partial charge in [-0.15, -0.1) is 0 Å². The van der Waals surface area contributed by atoms with Gasteiger partial charge in [-0.25, -0.2) is 0 Å². The minimum atomic E-state index is -0.0990. The Morgan fingerprint density at radius 1 is 1.10 bits per heavy atom. The molecule has 0 aromatic heterocycles. The summed E-state index contributed by atoms with van der Waals surface area (Å²) in [7, 11) is 0. The van der Waals surface area contributed by atoms with E-state index in [1.165, 1.54) is 0 Å². The third-order valence-electron chi connectivity index (χ3n) is 1.47. The van der Waals surface area contributed by atoms with Gasteiger partial charge in [0, 0.05) is 0 Å². The number of allylic oxidation sites excluding steroid dienone is 4. The molecular formula is C9H14Ga-. The van der Waals surface area contributed by atoms with Gasteiger partial charge in [-0.2, -0.15) is 0 Å². The van der Waals surface area contributed by atoms with Crippen LogP contribution in [0.1, 0.15) is 20.8 Å². The summed E-state index contributed by atoms with van der Waals surface area (Å²) in [4.78, 5) is 0. The normalized spacial score (nSPS) is 18.7. The molecule has 0 aromatic carbocycles. The predicted octanol–water partition coefficient (Wildman–Crippen LogP) is 2.82. The third kappa shape index (κ3) is 2.80. The van der Waals surface area contributed by atoms with Crippen molar-refractivity contribution in [2.45, 2.75) is 29.2 Å². The summed E-state index contributed by atoms with van der Waals surface area (Å²) in [5, 5.41) is 0. The molecule has 0 atom stereocenters. The van der Waals surface area contributed by atoms with E-state index in [0.717, 1.165) is 4.47 Å². The fourth-order valence-electron chi connectivity index (χ4n) is 1.14. The first-order chi connectivity index (χ1) is 4.58. The van der Waals surface area contributed by atoms with Crippen molar-refractivity contribution >= 4 is 17.4 Å². The molecule has 1 aliphatic rings. The molecule has 0 nitrogen and oxygen atoms in total. The molecule has 0 aromatic rings. The van der Waals surface area contributed by atoms with E-state index in [4.69, 9.17) is 0 Å². The molecule has 0 saturated carbocycles. The van der Waals surface area contributed by atoms with Crippen molar-refractivity contribution in [3.63, 3.8) is 0 Å². The van der Waals surface area contributed by atoms with Crippen molar-refractivity contribution in [3.05, 3.63) is 24.3 Å². The van der Waals surface area contributed by atoms with E-state index in [-0.39, 0.29) is 17.4 Å². The second-order valence-corrected chi connectivity index (χ2v) is 9.83. The van der Waals surface area contributed by atoms with Gasteiger partial charge in [-0.1, -0.05) is 0 Å². The Hall–Kier alpha value is 0.116. The van der Waals surface area contributed by atoms with Gasteiger partial charge in [-0.3, -0.25) is 0 Å².